The van der Waals surface area contributed by atoms with Crippen LogP contribution < -0.4 is 4.67 Å². The summed E-state index contributed by atoms with van der Waals surface area (Å²) >= 11 is 0. The van der Waals surface area contributed by atoms with E-state index >= 15 is 0 Å². The lowest BCUT2D eigenvalue weighted by molar-refractivity contribution is -0.492. The van der Waals surface area contributed by atoms with Crippen molar-refractivity contribution >= 4 is 18.6 Å². The molecule has 3 rings (SSSR count). The van der Waals surface area contributed by atoms with Crippen molar-refractivity contribution in [3.63, 3.8) is 0 Å². The van der Waals surface area contributed by atoms with E-state index in [1.54, 1.807) is 0 Å². The Morgan fingerprint density at radius 1 is 0.844 bits per heavy atom. The molecule has 2 aromatic rings. The van der Waals surface area contributed by atoms with E-state index in [1.165, 1.54) is 24.3 Å². The van der Waals surface area contributed by atoms with Gasteiger partial charge in [-0.15, -0.1) is 0 Å². The Morgan fingerprint density at radius 3 is 1.59 bits per heavy atom. The van der Waals surface area contributed by atoms with Crippen LogP contribution in [0.1, 0.15) is 29.9 Å². The second-order valence-electron chi connectivity index (χ2n) is 6.33. The zero-order chi connectivity index (χ0) is 23.9. The third kappa shape index (κ3) is 11.1. The fourth-order valence-corrected chi connectivity index (χ4v) is 2.94. The largest absolute Gasteiger partial charge is 0.356 e. The van der Waals surface area contributed by atoms with Crippen LogP contribution in [0.2, 0.25) is 0 Å². The molecule has 1 heterocycles. The number of hydrogen-bond donors (Lipinski definition) is 0. The van der Waals surface area contributed by atoms with Crippen molar-refractivity contribution in [2.24, 2.45) is 0 Å². The molecule has 1 aliphatic rings. The lowest BCUT2D eigenvalue weighted by atomic mass is 9.87. The van der Waals surface area contributed by atoms with E-state index in [-0.39, 0.29) is 17.6 Å². The van der Waals surface area contributed by atoms with Crippen molar-refractivity contribution in [3.05, 3.63) is 102 Å². The molecule has 12 heteroatoms. The molecule has 0 fully saturated rings. The van der Waals surface area contributed by atoms with Gasteiger partial charge in [0.15, 0.2) is 0 Å². The summed E-state index contributed by atoms with van der Waals surface area (Å²) in [6.45, 7) is 1.66. The maximum atomic E-state index is 13.2. The molecule has 0 atom stereocenters. The first-order chi connectivity index (χ1) is 15.2. The zero-order valence-corrected chi connectivity index (χ0v) is 16.8. The Morgan fingerprint density at radius 2 is 1.22 bits per heavy atom. The number of nitrogens with zero attached hydrogens (tertiary/aromatic N) is 4. The van der Waals surface area contributed by atoms with Gasteiger partial charge in [0, 0.05) is 12.3 Å². The molecule has 1 aliphatic heterocycles. The first kappa shape index (κ1) is 25.9. The van der Waals surface area contributed by atoms with E-state index in [1.807, 2.05) is 36.7 Å². The third-order valence-corrected chi connectivity index (χ3v) is 4.23. The average Bonchev–Trinajstić information content (AvgIpc) is 2.73. The molecule has 10 nitrogen and oxygen atoms in total. The highest BCUT2D eigenvalue weighted by Gasteiger charge is 2.16. The molecule has 0 unspecified atom stereocenters. The van der Waals surface area contributed by atoms with E-state index in [4.69, 9.17) is 30.6 Å². The van der Waals surface area contributed by atoms with Crippen LogP contribution in [0, 0.1) is 42.3 Å². The minimum absolute atomic E-state index is 0.116. The van der Waals surface area contributed by atoms with Gasteiger partial charge >= 0.3 is 12.4 Å². The topological polar surface area (TPSA) is 150 Å². The number of benzene rings is 2. The molecule has 0 saturated carbocycles. The van der Waals surface area contributed by atoms with Crippen LogP contribution >= 0.6 is 0 Å². The van der Waals surface area contributed by atoms with Crippen molar-refractivity contribution in [2.75, 3.05) is 13.1 Å². The lowest BCUT2D eigenvalue weighted by Crippen LogP contribution is -2.23. The predicted molar refractivity (Wildman–Crippen MR) is 115 cm³/mol. The first-order valence-electron chi connectivity index (χ1n) is 9.23. The Kier molecular flexibility index (Phi) is 11.3. The minimum Gasteiger partial charge on any atom is -0.356 e. The van der Waals surface area contributed by atoms with E-state index in [0.717, 1.165) is 37.1 Å². The summed E-state index contributed by atoms with van der Waals surface area (Å²) in [6.07, 6.45) is 7.72. The summed E-state index contributed by atoms with van der Waals surface area (Å²) in [6, 6.07) is 13.2. The lowest BCUT2D eigenvalue weighted by Gasteiger charge is -2.17. The summed E-state index contributed by atoms with van der Waals surface area (Å²) in [4.78, 5) is 16.5. The van der Waals surface area contributed by atoms with E-state index < -0.39 is 10.2 Å². The van der Waals surface area contributed by atoms with Crippen molar-refractivity contribution in [3.8, 4) is 0 Å². The minimum atomic E-state index is -1.75. The fourth-order valence-electron chi connectivity index (χ4n) is 2.94. The summed E-state index contributed by atoms with van der Waals surface area (Å²) in [5, 5.41) is 29.5. The molecule has 0 bridgehead atoms. The maximum absolute atomic E-state index is 13.2. The summed E-state index contributed by atoms with van der Waals surface area (Å²) in [5.74, 6) is -0.373. The molecule has 0 amide bonds. The molecule has 0 saturated heterocycles. The molecule has 170 valence electrons. The molecular weight excluding hydrogens is 430 g/mol. The van der Waals surface area contributed by atoms with Crippen molar-refractivity contribution in [1.82, 2.24) is 4.67 Å². The van der Waals surface area contributed by atoms with Crippen molar-refractivity contribution in [2.45, 2.75) is 18.8 Å². The van der Waals surface area contributed by atoms with Crippen LogP contribution in [-0.4, -0.2) is 46.5 Å². The van der Waals surface area contributed by atoms with Gasteiger partial charge in [-0.2, -0.15) is 0 Å². The molecule has 0 N–H and O–H groups in total. The summed E-state index contributed by atoms with van der Waals surface area (Å²) < 4.78 is 32.8. The van der Waals surface area contributed by atoms with Gasteiger partial charge < -0.3 is 30.6 Å². The smallest absolute Gasteiger partial charge is 0.333 e. The third-order valence-electron chi connectivity index (χ3n) is 4.23. The highest BCUT2D eigenvalue weighted by Crippen LogP contribution is 2.29. The molecule has 0 aromatic heterocycles. The number of halogens is 2. The molecule has 0 aliphatic carbocycles. The number of hydrogen-bond acceptors (Lipinski definition) is 6. The van der Waals surface area contributed by atoms with Crippen LogP contribution in [0.25, 0.3) is 0 Å². The van der Waals surface area contributed by atoms with Gasteiger partial charge in [-0.1, -0.05) is 28.9 Å². The van der Waals surface area contributed by atoms with Crippen LogP contribution in [0.4, 0.5) is 8.78 Å². The Hall–Kier alpha value is -4.18. The SMILES string of the molecule is Fc1ccc(C(CCC=[N+]2CC=[N+]=CC2)c2ccc(F)cc2)cc1.O=[N+]([O-])[O-].O=[N+]([O-])[O-]. The van der Waals surface area contributed by atoms with Gasteiger partial charge in [-0.25, -0.2) is 13.4 Å². The molecule has 32 heavy (non-hydrogen) atoms. The van der Waals surface area contributed by atoms with Crippen LogP contribution in [0.15, 0.2) is 48.5 Å². The highest BCUT2D eigenvalue weighted by molar-refractivity contribution is 5.70. The van der Waals surface area contributed by atoms with Gasteiger partial charge in [-0.3, -0.25) is 0 Å². The van der Waals surface area contributed by atoms with E-state index in [9.17, 15) is 8.78 Å². The zero-order valence-electron chi connectivity index (χ0n) is 16.8. The molecule has 0 spiro atoms. The van der Waals surface area contributed by atoms with Gasteiger partial charge in [0.25, 0.3) is 0 Å². The van der Waals surface area contributed by atoms with Crippen molar-refractivity contribution in [1.29, 1.82) is 0 Å². The first-order valence-corrected chi connectivity index (χ1v) is 9.23. The van der Waals surface area contributed by atoms with Gasteiger partial charge in [0.1, 0.15) is 17.8 Å². The molecular formula is C20H20F2N4O6. The monoisotopic (exact) mass is 450 g/mol. The van der Waals surface area contributed by atoms with Gasteiger partial charge in [0.05, 0.1) is 10.2 Å². The highest BCUT2D eigenvalue weighted by atomic mass is 19.1. The second kappa shape index (κ2) is 13.9. The molecule has 0 radical (unpaired) electrons. The van der Waals surface area contributed by atoms with Crippen LogP contribution in [0.5, 0.6) is 0 Å². The fraction of sp³-hybridized carbons (Fsp3) is 0.250. The van der Waals surface area contributed by atoms with Gasteiger partial charge in [0.2, 0.25) is 13.1 Å². The standard InChI is InChI=1S/C20H20F2N2.2NO3/c21-18-7-3-16(4-8-18)20(17-5-9-19(22)10-6-17)2-1-13-24-14-11-23-12-15-24;2*2-1(3)4/h3-13,20H,1-2,14-15H2;;/q+2;2*-1. The van der Waals surface area contributed by atoms with Crippen LogP contribution in [0.3, 0.4) is 0 Å². The summed E-state index contributed by atoms with van der Waals surface area (Å²) in [7, 11) is 0. The normalized spacial score (nSPS) is 11.7. The van der Waals surface area contributed by atoms with E-state index in [2.05, 4.69) is 15.5 Å². The maximum Gasteiger partial charge on any atom is 0.333 e. The Bertz CT molecular complexity index is 897. The Labute approximate surface area is 181 Å². The van der Waals surface area contributed by atoms with Crippen molar-refractivity contribution < 1.29 is 23.5 Å². The predicted octanol–water partition coefficient (Wildman–Crippen LogP) is 2.70. The number of rotatable bonds is 5. The van der Waals surface area contributed by atoms with E-state index in [0.29, 0.717) is 0 Å². The average molecular weight is 450 g/mol. The summed E-state index contributed by atoms with van der Waals surface area (Å²) in [5.41, 5.74) is 2.09. The van der Waals surface area contributed by atoms with Crippen LogP contribution in [-0.2, 0) is 0 Å². The molecule has 2 aromatic carbocycles. The van der Waals surface area contributed by atoms with Gasteiger partial charge in [-0.05, 0) is 41.8 Å². The quantitative estimate of drug-likeness (QED) is 0.296. The Balaban J connectivity index is 0.000000554. The second-order valence-corrected chi connectivity index (χ2v) is 6.33.